The Kier molecular flexibility index (Phi) is 17.1. The van der Waals surface area contributed by atoms with Crippen molar-refractivity contribution >= 4 is 5.91 Å². The van der Waals surface area contributed by atoms with Crippen LogP contribution in [0.2, 0.25) is 0 Å². The first-order valence-electron chi connectivity index (χ1n) is 9.37. The molecule has 2 heteroatoms. The monoisotopic (exact) mass is 296 g/mol. The van der Waals surface area contributed by atoms with Gasteiger partial charge >= 0.3 is 0 Å². The first kappa shape index (κ1) is 20.5. The molecule has 1 N–H and O–H groups in total. The fraction of sp³-hybridized carbons (Fsp3) is 0.895. The Morgan fingerprint density at radius 3 is 1.81 bits per heavy atom. The van der Waals surface area contributed by atoms with E-state index >= 15 is 0 Å². The van der Waals surface area contributed by atoms with Crippen molar-refractivity contribution in [1.82, 2.24) is 5.32 Å². The predicted molar refractivity (Wildman–Crippen MR) is 93.3 cm³/mol. The second-order valence-electron chi connectivity index (χ2n) is 6.20. The third-order valence-corrected chi connectivity index (χ3v) is 4.01. The van der Waals surface area contributed by atoms with Crippen LogP contribution >= 0.6 is 0 Å². The van der Waals surface area contributed by atoms with Gasteiger partial charge in [-0.1, -0.05) is 90.9 Å². The van der Waals surface area contributed by atoms with E-state index in [9.17, 15) is 4.79 Å². The van der Waals surface area contributed by atoms with Crippen molar-refractivity contribution in [1.29, 1.82) is 0 Å². The molecule has 0 fully saturated rings. The molecular weight excluding hydrogens is 258 g/mol. The molecule has 2 nitrogen and oxygen atoms in total. The van der Waals surface area contributed by atoms with Crippen LogP contribution in [0.1, 0.15) is 103 Å². The van der Waals surface area contributed by atoms with Crippen molar-refractivity contribution in [2.24, 2.45) is 0 Å². The van der Waals surface area contributed by atoms with E-state index in [0.29, 0.717) is 0 Å². The van der Waals surface area contributed by atoms with Gasteiger partial charge < -0.3 is 5.32 Å². The second-order valence-corrected chi connectivity index (χ2v) is 6.20. The van der Waals surface area contributed by atoms with Crippen molar-refractivity contribution in [3.05, 3.63) is 6.92 Å². The van der Waals surface area contributed by atoms with Crippen LogP contribution in [0.3, 0.4) is 0 Å². The van der Waals surface area contributed by atoms with Gasteiger partial charge in [-0.15, -0.1) is 0 Å². The van der Waals surface area contributed by atoms with E-state index in [1.165, 1.54) is 70.6 Å². The second kappa shape index (κ2) is 17.5. The normalized spacial score (nSPS) is 10.8. The van der Waals surface area contributed by atoms with E-state index in [1.807, 2.05) is 0 Å². The van der Waals surface area contributed by atoms with E-state index in [0.717, 1.165) is 32.2 Å². The number of carbonyl (C=O) groups is 1. The number of hydrogen-bond acceptors (Lipinski definition) is 1. The van der Waals surface area contributed by atoms with Crippen molar-refractivity contribution in [2.45, 2.75) is 103 Å². The summed E-state index contributed by atoms with van der Waals surface area (Å²) >= 11 is 0. The minimum Gasteiger partial charge on any atom is -0.356 e. The summed E-state index contributed by atoms with van der Waals surface area (Å²) in [7, 11) is 0. The number of hydrogen-bond donors (Lipinski definition) is 1. The highest BCUT2D eigenvalue weighted by molar-refractivity contribution is 5.75. The smallest absolute Gasteiger partial charge is 0.219 e. The van der Waals surface area contributed by atoms with Gasteiger partial charge in [0.15, 0.2) is 0 Å². The van der Waals surface area contributed by atoms with Gasteiger partial charge in [-0.2, -0.15) is 0 Å². The minimum absolute atomic E-state index is 0.247. The maximum absolute atomic E-state index is 11.6. The number of amides is 1. The molecule has 0 rings (SSSR count). The zero-order valence-electron chi connectivity index (χ0n) is 14.4. The number of nitrogens with one attached hydrogen (secondary N) is 1. The third kappa shape index (κ3) is 17.4. The molecule has 0 saturated heterocycles. The summed E-state index contributed by atoms with van der Waals surface area (Å²) in [5.41, 5.74) is 0. The lowest BCUT2D eigenvalue weighted by Crippen LogP contribution is -2.23. The van der Waals surface area contributed by atoms with Crippen LogP contribution in [0.25, 0.3) is 0 Å². The zero-order chi connectivity index (χ0) is 15.6. The van der Waals surface area contributed by atoms with E-state index in [-0.39, 0.29) is 5.91 Å². The van der Waals surface area contributed by atoms with Crippen LogP contribution in [0.15, 0.2) is 0 Å². The minimum atomic E-state index is 0.247. The highest BCUT2D eigenvalue weighted by atomic mass is 16.1. The van der Waals surface area contributed by atoms with E-state index in [1.54, 1.807) is 0 Å². The summed E-state index contributed by atoms with van der Waals surface area (Å²) in [5.74, 6) is 0.247. The molecule has 21 heavy (non-hydrogen) atoms. The van der Waals surface area contributed by atoms with Gasteiger partial charge in [-0.3, -0.25) is 4.79 Å². The lowest BCUT2D eigenvalue weighted by atomic mass is 10.1. The Labute approximate surface area is 133 Å². The van der Waals surface area contributed by atoms with Gasteiger partial charge in [-0.25, -0.2) is 0 Å². The highest BCUT2D eigenvalue weighted by Crippen LogP contribution is 2.11. The molecule has 125 valence electrons. The summed E-state index contributed by atoms with van der Waals surface area (Å²) in [5, 5.41) is 3.01. The van der Waals surface area contributed by atoms with Gasteiger partial charge in [0.2, 0.25) is 5.91 Å². The molecule has 1 amide bonds. The van der Waals surface area contributed by atoms with Crippen molar-refractivity contribution in [3.63, 3.8) is 0 Å². The quantitative estimate of drug-likeness (QED) is 0.358. The van der Waals surface area contributed by atoms with Crippen LogP contribution in [0.4, 0.5) is 0 Å². The highest BCUT2D eigenvalue weighted by Gasteiger charge is 2.00. The Morgan fingerprint density at radius 2 is 1.29 bits per heavy atom. The Morgan fingerprint density at radius 1 is 0.762 bits per heavy atom. The van der Waals surface area contributed by atoms with E-state index < -0.39 is 0 Å². The molecule has 0 saturated carbocycles. The average molecular weight is 297 g/mol. The molecule has 0 aliphatic carbocycles. The van der Waals surface area contributed by atoms with E-state index in [4.69, 9.17) is 0 Å². The van der Waals surface area contributed by atoms with Gasteiger partial charge in [0.25, 0.3) is 0 Å². The van der Waals surface area contributed by atoms with E-state index in [2.05, 4.69) is 19.2 Å². The molecule has 0 unspecified atom stereocenters. The molecule has 0 aromatic rings. The molecular formula is C19H38NO. The lowest BCUT2D eigenvalue weighted by molar-refractivity contribution is -0.121. The largest absolute Gasteiger partial charge is 0.356 e. The zero-order valence-corrected chi connectivity index (χ0v) is 14.4. The standard InChI is InChI=1S/C19H38NO/c1-3-5-7-8-9-10-11-12-13-14-15-17-19(21)20-18-16-6-4-2/h1,3-18H2,2H3,(H,20,21). The molecule has 0 aliphatic rings. The van der Waals surface area contributed by atoms with Crippen LogP contribution in [-0.4, -0.2) is 12.5 Å². The summed E-state index contributed by atoms with van der Waals surface area (Å²) in [6.07, 6.45) is 18.4. The van der Waals surface area contributed by atoms with Gasteiger partial charge in [0.05, 0.1) is 0 Å². The summed E-state index contributed by atoms with van der Waals surface area (Å²) in [4.78, 5) is 11.6. The predicted octanol–water partition coefficient (Wildman–Crippen LogP) is 5.81. The maximum Gasteiger partial charge on any atom is 0.219 e. The Bertz CT molecular complexity index is 216. The van der Waals surface area contributed by atoms with Crippen LogP contribution in [0.5, 0.6) is 0 Å². The maximum atomic E-state index is 11.6. The number of rotatable bonds is 16. The molecule has 0 atom stereocenters. The first-order valence-corrected chi connectivity index (χ1v) is 9.37. The van der Waals surface area contributed by atoms with Crippen LogP contribution < -0.4 is 5.32 Å². The van der Waals surface area contributed by atoms with Gasteiger partial charge in [0.1, 0.15) is 0 Å². The summed E-state index contributed by atoms with van der Waals surface area (Å²) in [6, 6.07) is 0. The summed E-state index contributed by atoms with van der Waals surface area (Å²) < 4.78 is 0. The van der Waals surface area contributed by atoms with Crippen molar-refractivity contribution in [2.75, 3.05) is 6.54 Å². The fourth-order valence-corrected chi connectivity index (χ4v) is 2.57. The molecule has 1 radical (unpaired) electrons. The van der Waals surface area contributed by atoms with Crippen LogP contribution in [0, 0.1) is 6.92 Å². The lowest BCUT2D eigenvalue weighted by Gasteiger charge is -2.05. The SMILES string of the molecule is [CH2]CCCCCCCCCCCCC(=O)NCCCCC. The fourth-order valence-electron chi connectivity index (χ4n) is 2.57. The van der Waals surface area contributed by atoms with Crippen molar-refractivity contribution in [3.8, 4) is 0 Å². The number of carbonyl (C=O) groups excluding carboxylic acids is 1. The molecule has 0 spiro atoms. The Hall–Kier alpha value is -0.530. The molecule has 0 aliphatic heterocycles. The number of unbranched alkanes of at least 4 members (excludes halogenated alkanes) is 12. The molecule has 0 aromatic heterocycles. The molecule has 0 bridgehead atoms. The molecule has 0 aromatic carbocycles. The third-order valence-electron chi connectivity index (χ3n) is 4.01. The van der Waals surface area contributed by atoms with Crippen molar-refractivity contribution < 1.29 is 4.79 Å². The molecule has 0 heterocycles. The average Bonchev–Trinajstić information content (AvgIpc) is 2.49. The topological polar surface area (TPSA) is 29.1 Å². The first-order chi connectivity index (χ1) is 10.3. The van der Waals surface area contributed by atoms with Gasteiger partial charge in [-0.05, 0) is 12.8 Å². The summed E-state index contributed by atoms with van der Waals surface area (Å²) in [6.45, 7) is 6.92. The van der Waals surface area contributed by atoms with Gasteiger partial charge in [0, 0.05) is 13.0 Å². The Balaban J connectivity index is 3.09. The van der Waals surface area contributed by atoms with Crippen LogP contribution in [-0.2, 0) is 4.79 Å².